The Bertz CT molecular complexity index is 2350. The Morgan fingerprint density at radius 2 is 1.49 bits per heavy atom. The van der Waals surface area contributed by atoms with E-state index in [1.165, 1.54) is 18.7 Å². The molecule has 4 N–H and O–H groups in total. The molecule has 0 saturated carbocycles. The van der Waals surface area contributed by atoms with Crippen LogP contribution in [0.4, 0.5) is 5.69 Å². The minimum atomic E-state index is -1.32. The van der Waals surface area contributed by atoms with Crippen molar-refractivity contribution in [2.24, 2.45) is 5.41 Å². The van der Waals surface area contributed by atoms with Crippen LogP contribution in [0.3, 0.4) is 0 Å². The van der Waals surface area contributed by atoms with Gasteiger partial charge in [0, 0.05) is 31.3 Å². The number of hydrogen-bond donors (Lipinski definition) is 4. The largest absolute Gasteiger partial charge is 0.461 e. The third-order valence-electron chi connectivity index (χ3n) is 11.2. The summed E-state index contributed by atoms with van der Waals surface area (Å²) in [6.45, 7) is 6.70. The number of aldehydes is 1. The molecule has 0 unspecified atom stereocenters. The summed E-state index contributed by atoms with van der Waals surface area (Å²) in [6.07, 6.45) is 4.31. The van der Waals surface area contributed by atoms with Crippen molar-refractivity contribution in [3.8, 4) is 0 Å². The van der Waals surface area contributed by atoms with Gasteiger partial charge >= 0.3 is 11.9 Å². The van der Waals surface area contributed by atoms with E-state index < -0.39 is 53.1 Å². The molecule has 0 aliphatic carbocycles. The van der Waals surface area contributed by atoms with E-state index in [0.717, 1.165) is 22.8 Å². The summed E-state index contributed by atoms with van der Waals surface area (Å²) in [7, 11) is 0. The average Bonchev–Trinajstić information content (AvgIpc) is 3.34. The van der Waals surface area contributed by atoms with Crippen LogP contribution >= 0.6 is 0 Å². The second kappa shape index (κ2) is 25.4. The lowest BCUT2D eigenvalue weighted by molar-refractivity contribution is -0.162. The molecule has 0 radical (unpaired) electrons. The Balaban J connectivity index is 1.07. The molecule has 0 bridgehead atoms. The quantitative estimate of drug-likeness (QED) is 0.0234. The van der Waals surface area contributed by atoms with Crippen LogP contribution in [0, 0.1) is 5.41 Å². The van der Waals surface area contributed by atoms with Gasteiger partial charge in [0.25, 0.3) is 5.91 Å². The van der Waals surface area contributed by atoms with Crippen molar-refractivity contribution in [3.63, 3.8) is 0 Å². The number of anilines is 1. The number of carbonyl (C=O) groups is 8. The maximum absolute atomic E-state index is 13.7. The van der Waals surface area contributed by atoms with Gasteiger partial charge in [-0.25, -0.2) is 9.59 Å². The Morgan fingerprint density at radius 3 is 2.19 bits per heavy atom. The zero-order valence-corrected chi connectivity index (χ0v) is 38.0. The number of Topliss-reactive ketones (excluding diaryl/α,β-unsaturated/α-hetero) is 1. The first-order valence-electron chi connectivity index (χ1n) is 22.4. The third kappa shape index (κ3) is 16.0. The average molecular weight is 914 g/mol. The predicted molar refractivity (Wildman–Crippen MR) is 251 cm³/mol. The minimum Gasteiger partial charge on any atom is -0.461 e. The number of amides is 4. The molecule has 15 heteroatoms. The molecule has 4 aromatic carbocycles. The van der Waals surface area contributed by atoms with Crippen molar-refractivity contribution in [3.05, 3.63) is 150 Å². The molecule has 0 aromatic heterocycles. The number of nitrogens with one attached hydrogen (secondary N) is 4. The number of carbonyl (C=O) groups excluding carboxylic acids is 8. The second-order valence-electron chi connectivity index (χ2n) is 17.0. The van der Waals surface area contributed by atoms with Gasteiger partial charge in [-0.3, -0.25) is 24.0 Å². The van der Waals surface area contributed by atoms with E-state index in [1.807, 2.05) is 84.9 Å². The fraction of sp³-hybridized carbons (Fsp3) is 0.346. The van der Waals surface area contributed by atoms with Crippen molar-refractivity contribution >= 4 is 53.3 Å². The van der Waals surface area contributed by atoms with Crippen LogP contribution in [0.5, 0.6) is 0 Å². The van der Waals surface area contributed by atoms with Crippen molar-refractivity contribution in [1.29, 1.82) is 0 Å². The van der Waals surface area contributed by atoms with E-state index in [2.05, 4.69) is 27.8 Å². The van der Waals surface area contributed by atoms with Gasteiger partial charge in [-0.05, 0) is 92.4 Å². The highest BCUT2D eigenvalue weighted by molar-refractivity contribution is 6.38. The van der Waals surface area contributed by atoms with E-state index in [0.29, 0.717) is 61.9 Å². The van der Waals surface area contributed by atoms with E-state index in [4.69, 9.17) is 9.47 Å². The van der Waals surface area contributed by atoms with E-state index in [1.54, 1.807) is 24.3 Å². The third-order valence-corrected chi connectivity index (χ3v) is 11.2. The van der Waals surface area contributed by atoms with Gasteiger partial charge in [0.1, 0.15) is 31.6 Å². The molecule has 15 nitrogen and oxygen atoms in total. The second-order valence-corrected chi connectivity index (χ2v) is 17.0. The first-order chi connectivity index (χ1) is 32.3. The lowest BCUT2D eigenvalue weighted by Crippen LogP contribution is -2.53. The zero-order valence-electron chi connectivity index (χ0n) is 38.0. The van der Waals surface area contributed by atoms with Gasteiger partial charge in [0.2, 0.25) is 23.5 Å². The molecular weight excluding hydrogens is 855 g/mol. The van der Waals surface area contributed by atoms with Crippen LogP contribution in [0.25, 0.3) is 0 Å². The first-order valence-corrected chi connectivity index (χ1v) is 22.4. The summed E-state index contributed by atoms with van der Waals surface area (Å²) in [4.78, 5) is 104. The monoisotopic (exact) mass is 913 g/mol. The molecule has 1 saturated heterocycles. The predicted octanol–water partition coefficient (Wildman–Crippen LogP) is 5.27. The fourth-order valence-electron chi connectivity index (χ4n) is 7.42. The van der Waals surface area contributed by atoms with Crippen molar-refractivity contribution < 1.29 is 47.8 Å². The van der Waals surface area contributed by atoms with Gasteiger partial charge in [0.15, 0.2) is 0 Å². The van der Waals surface area contributed by atoms with Crippen molar-refractivity contribution in [2.45, 2.75) is 90.1 Å². The summed E-state index contributed by atoms with van der Waals surface area (Å²) >= 11 is 0. The number of ketones is 1. The number of ether oxygens (including phenoxy) is 2. The number of hydrogen-bond acceptors (Lipinski definition) is 11. The SMILES string of the molecule is C=CC(=O)OCC(C)(C)C(=O)C(=O)N1CCCC[C@H]1C(=O)OCc1cccc(NC(=O)CCCN[C@H](C(=O)N[C@H](C=O)Cc2ccc(CNC(=O)Cc3ccccc3)cc2)c2ccccc2)c1. The molecule has 4 aromatic rings. The summed E-state index contributed by atoms with van der Waals surface area (Å²) in [6, 6.07) is 30.3. The number of nitrogens with zero attached hydrogens (tertiary/aromatic N) is 1. The van der Waals surface area contributed by atoms with Crippen LogP contribution in [0.2, 0.25) is 0 Å². The van der Waals surface area contributed by atoms with Gasteiger partial charge in [-0.15, -0.1) is 0 Å². The number of piperidine rings is 1. The Kier molecular flexibility index (Phi) is 19.3. The van der Waals surface area contributed by atoms with Crippen LogP contribution in [0.15, 0.2) is 122 Å². The molecule has 1 heterocycles. The zero-order chi connectivity index (χ0) is 48.2. The number of esters is 2. The van der Waals surface area contributed by atoms with Crippen LogP contribution in [0.1, 0.15) is 79.8 Å². The lowest BCUT2D eigenvalue weighted by atomic mass is 9.87. The highest BCUT2D eigenvalue weighted by atomic mass is 16.5. The standard InChI is InChI=1S/C52H59N5O10/c1-4-46(61)67-35-52(2,3)48(62)50(64)57-28-12-11-21-43(57)51(65)66-34-39-17-13-20-41(30-39)55-44(59)22-14-27-53-47(40-18-9-6-10-19-40)49(63)56-42(33-58)29-37-23-25-38(26-24-37)32-54-45(60)31-36-15-7-5-8-16-36/h4-10,13,15-20,23-26,30,33,42-43,47,53H,1,11-12,14,21-22,27-29,31-32,34-35H2,2-3H3,(H,54,60)(H,55,59)(H,56,63)/t42-,43-,47-/m0/s1. The molecule has 5 rings (SSSR count). The molecule has 1 aliphatic heterocycles. The topological polar surface area (TPSA) is 206 Å². The number of benzene rings is 4. The minimum absolute atomic E-state index is 0.0860. The van der Waals surface area contributed by atoms with Crippen LogP contribution in [-0.4, -0.2) is 84.3 Å². The smallest absolute Gasteiger partial charge is 0.330 e. The Hall–Kier alpha value is -7.26. The normalized spacial score (nSPS) is 14.4. The highest BCUT2D eigenvalue weighted by Crippen LogP contribution is 2.25. The molecule has 1 fully saturated rings. The van der Waals surface area contributed by atoms with Crippen LogP contribution in [-0.2, 0) is 73.8 Å². The van der Waals surface area contributed by atoms with Crippen molar-refractivity contribution in [2.75, 3.05) is 25.0 Å². The molecule has 0 spiro atoms. The van der Waals surface area contributed by atoms with Gasteiger partial charge < -0.3 is 40.4 Å². The fourth-order valence-corrected chi connectivity index (χ4v) is 7.42. The van der Waals surface area contributed by atoms with Crippen molar-refractivity contribution in [1.82, 2.24) is 20.9 Å². The molecule has 67 heavy (non-hydrogen) atoms. The van der Waals surface area contributed by atoms with Gasteiger partial charge in [-0.2, -0.15) is 0 Å². The molecule has 3 atom stereocenters. The lowest BCUT2D eigenvalue weighted by Gasteiger charge is -2.35. The highest BCUT2D eigenvalue weighted by Gasteiger charge is 2.42. The van der Waals surface area contributed by atoms with E-state index >= 15 is 0 Å². The maximum Gasteiger partial charge on any atom is 0.330 e. The summed E-state index contributed by atoms with van der Waals surface area (Å²) < 4.78 is 10.6. The van der Waals surface area contributed by atoms with E-state index in [9.17, 15) is 38.4 Å². The summed E-state index contributed by atoms with van der Waals surface area (Å²) in [5.41, 5.74) is 3.09. The van der Waals surface area contributed by atoms with E-state index in [-0.39, 0.29) is 50.8 Å². The maximum atomic E-state index is 13.7. The summed E-state index contributed by atoms with van der Waals surface area (Å²) in [5, 5.41) is 11.9. The van der Waals surface area contributed by atoms with Gasteiger partial charge in [-0.1, -0.05) is 104 Å². The Morgan fingerprint density at radius 1 is 0.806 bits per heavy atom. The number of rotatable bonds is 24. The molecular formula is C52H59N5O10. The van der Waals surface area contributed by atoms with Gasteiger partial charge in [0.05, 0.1) is 17.9 Å². The summed E-state index contributed by atoms with van der Waals surface area (Å²) in [5.74, 6) is -3.77. The number of likely N-dealkylation sites (tertiary alicyclic amines) is 1. The first kappa shape index (κ1) is 50.7. The molecule has 4 amide bonds. The van der Waals surface area contributed by atoms with Crippen LogP contribution < -0.4 is 21.3 Å². The Labute approximate surface area is 391 Å². The molecule has 352 valence electrons. The molecule has 1 aliphatic rings.